The lowest BCUT2D eigenvalue weighted by molar-refractivity contribution is 1.10. The molecule has 0 aliphatic rings. The molecule has 7 aromatic carbocycles. The molecule has 0 bridgehead atoms. The number of hydrogen-bond acceptors (Lipinski definition) is 1. The Hall–Kier alpha value is -6.25. The highest BCUT2D eigenvalue weighted by Crippen LogP contribution is 2.39. The van der Waals surface area contributed by atoms with Crippen LogP contribution < -0.4 is 0 Å². The molecule has 8 aromatic rings. The van der Waals surface area contributed by atoms with Gasteiger partial charge in [-0.3, -0.25) is 4.57 Å². The lowest BCUT2D eigenvalue weighted by Gasteiger charge is -2.13. The number of allylic oxidation sites excluding steroid dienone is 7. The quantitative estimate of drug-likeness (QED) is 0.134. The molecule has 0 unspecified atom stereocenters. The van der Waals surface area contributed by atoms with Gasteiger partial charge < -0.3 is 0 Å². The Balaban J connectivity index is 0.000000344. The van der Waals surface area contributed by atoms with E-state index in [0.717, 1.165) is 28.1 Å². The molecule has 244 valence electrons. The SMILES string of the molecule is C/C=C\C=C/C.C=C/C=C\C.c1ccc(-c2nc3cc(-c4cc5c6ccccc6ccc5c5ccccc45)ccc3n2-c2ccccc2)cc1. The average molecular weight is 647 g/mol. The van der Waals surface area contributed by atoms with Crippen LogP contribution in [0.15, 0.2) is 195 Å². The zero-order chi connectivity index (χ0) is 34.7. The van der Waals surface area contributed by atoms with Gasteiger partial charge in [-0.05, 0) is 94.5 Å². The summed E-state index contributed by atoms with van der Waals surface area (Å²) in [6.45, 7) is 9.42. The first-order valence-corrected chi connectivity index (χ1v) is 17.1. The van der Waals surface area contributed by atoms with Gasteiger partial charge >= 0.3 is 0 Å². The Morgan fingerprint density at radius 3 is 1.76 bits per heavy atom. The second-order valence-electron chi connectivity index (χ2n) is 11.8. The van der Waals surface area contributed by atoms with Gasteiger partial charge in [0, 0.05) is 11.3 Å². The van der Waals surface area contributed by atoms with Crippen molar-refractivity contribution in [2.24, 2.45) is 0 Å². The maximum absolute atomic E-state index is 5.20. The molecule has 0 saturated heterocycles. The van der Waals surface area contributed by atoms with Gasteiger partial charge in [0.2, 0.25) is 0 Å². The van der Waals surface area contributed by atoms with E-state index in [1.54, 1.807) is 6.08 Å². The summed E-state index contributed by atoms with van der Waals surface area (Å²) < 4.78 is 2.26. The average Bonchev–Trinajstić information content (AvgIpc) is 3.57. The molecule has 0 N–H and O–H groups in total. The van der Waals surface area contributed by atoms with Crippen molar-refractivity contribution in [2.45, 2.75) is 20.8 Å². The summed E-state index contributed by atoms with van der Waals surface area (Å²) in [6.07, 6.45) is 13.6. The number of rotatable bonds is 5. The number of fused-ring (bicyclic) bond motifs is 6. The van der Waals surface area contributed by atoms with Crippen LogP contribution in [0, 0.1) is 0 Å². The summed E-state index contributed by atoms with van der Waals surface area (Å²) in [5.74, 6) is 0.948. The molecule has 0 amide bonds. The number of nitrogens with zero attached hydrogens (tertiary/aromatic N) is 2. The highest BCUT2D eigenvalue weighted by Gasteiger charge is 2.16. The van der Waals surface area contributed by atoms with Gasteiger partial charge in [0.15, 0.2) is 0 Å². The third-order valence-electron chi connectivity index (χ3n) is 8.60. The normalized spacial score (nSPS) is 11.3. The second-order valence-corrected chi connectivity index (χ2v) is 11.8. The summed E-state index contributed by atoms with van der Waals surface area (Å²) >= 11 is 0. The molecular weight excluding hydrogens is 605 g/mol. The molecule has 8 rings (SSSR count). The predicted molar refractivity (Wildman–Crippen MR) is 219 cm³/mol. The minimum Gasteiger partial charge on any atom is -0.292 e. The summed E-state index contributed by atoms with van der Waals surface area (Å²) in [5, 5.41) is 7.63. The largest absolute Gasteiger partial charge is 0.292 e. The van der Waals surface area contributed by atoms with Crippen LogP contribution in [0.25, 0.3) is 71.6 Å². The van der Waals surface area contributed by atoms with Crippen LogP contribution in [0.5, 0.6) is 0 Å². The van der Waals surface area contributed by atoms with Gasteiger partial charge in [0.1, 0.15) is 5.82 Å². The van der Waals surface area contributed by atoms with E-state index >= 15 is 0 Å². The van der Waals surface area contributed by atoms with Gasteiger partial charge in [-0.25, -0.2) is 4.98 Å². The maximum Gasteiger partial charge on any atom is 0.145 e. The molecule has 50 heavy (non-hydrogen) atoms. The Morgan fingerprint density at radius 1 is 0.500 bits per heavy atom. The highest BCUT2D eigenvalue weighted by atomic mass is 15.1. The molecule has 1 heterocycles. The number of hydrogen-bond donors (Lipinski definition) is 0. The number of aromatic nitrogens is 2. The fraction of sp³-hybridized carbons (Fsp3) is 0.0625. The van der Waals surface area contributed by atoms with Crippen LogP contribution in [-0.2, 0) is 0 Å². The minimum absolute atomic E-state index is 0.948. The molecule has 0 atom stereocenters. The Bertz CT molecular complexity index is 2450. The Labute approximate surface area is 295 Å². The van der Waals surface area contributed by atoms with Gasteiger partial charge in [-0.1, -0.05) is 164 Å². The zero-order valence-electron chi connectivity index (χ0n) is 29.0. The fourth-order valence-electron chi connectivity index (χ4n) is 6.33. The predicted octanol–water partition coefficient (Wildman–Crippen LogP) is 13.7. The minimum atomic E-state index is 0.948. The molecule has 0 aliphatic carbocycles. The number of benzene rings is 7. The van der Waals surface area contributed by atoms with Crippen molar-refractivity contribution in [3.05, 3.63) is 195 Å². The van der Waals surface area contributed by atoms with E-state index in [1.165, 1.54) is 43.4 Å². The topological polar surface area (TPSA) is 17.8 Å². The van der Waals surface area contributed by atoms with Crippen molar-refractivity contribution >= 4 is 43.4 Å². The van der Waals surface area contributed by atoms with E-state index in [9.17, 15) is 0 Å². The second kappa shape index (κ2) is 16.2. The smallest absolute Gasteiger partial charge is 0.145 e. The Morgan fingerprint density at radius 2 is 1.10 bits per heavy atom. The zero-order valence-corrected chi connectivity index (χ0v) is 29.0. The van der Waals surface area contributed by atoms with Crippen molar-refractivity contribution in [2.75, 3.05) is 0 Å². The van der Waals surface area contributed by atoms with E-state index in [-0.39, 0.29) is 0 Å². The summed E-state index contributed by atoms with van der Waals surface area (Å²) in [5.41, 5.74) is 6.69. The lowest BCUT2D eigenvalue weighted by Crippen LogP contribution is -1.97. The molecule has 0 fully saturated rings. The molecule has 0 saturated carbocycles. The van der Waals surface area contributed by atoms with E-state index in [0.29, 0.717) is 0 Å². The van der Waals surface area contributed by atoms with Crippen LogP contribution in [0.1, 0.15) is 20.8 Å². The van der Waals surface area contributed by atoms with Crippen LogP contribution in [0.2, 0.25) is 0 Å². The number of imidazole rings is 1. The fourth-order valence-corrected chi connectivity index (χ4v) is 6.33. The third kappa shape index (κ3) is 7.11. The first-order chi connectivity index (χ1) is 24.7. The van der Waals surface area contributed by atoms with Crippen molar-refractivity contribution < 1.29 is 0 Å². The molecule has 2 nitrogen and oxygen atoms in total. The van der Waals surface area contributed by atoms with Crippen LogP contribution in [-0.4, -0.2) is 9.55 Å². The van der Waals surface area contributed by atoms with E-state index < -0.39 is 0 Å². The maximum atomic E-state index is 5.20. The standard InChI is InChI=1S/C37H24N2.C6H10.C5H8/c1-3-12-26(13-4-1)37-38-35-23-27(20-22-36(35)39(37)28-14-5-2-6-15-28)33-24-34-29-16-8-7-11-25(29)19-21-32(34)30-17-9-10-18-31(30)33;1-3-5-6-4-2;1-3-5-4-2/h1-24H;3-6H,1-2H3;3-5H,1H2,2H3/b;5-3-,6-4-;5-4-. The van der Waals surface area contributed by atoms with Crippen molar-refractivity contribution in [1.29, 1.82) is 0 Å². The lowest BCUT2D eigenvalue weighted by atomic mass is 9.91. The number of para-hydroxylation sites is 1. The van der Waals surface area contributed by atoms with Crippen molar-refractivity contribution in [3.63, 3.8) is 0 Å². The van der Waals surface area contributed by atoms with Gasteiger partial charge in [0.05, 0.1) is 11.0 Å². The molecule has 0 radical (unpaired) electrons. The van der Waals surface area contributed by atoms with E-state index in [4.69, 9.17) is 4.98 Å². The Kier molecular flexibility index (Phi) is 10.9. The van der Waals surface area contributed by atoms with Crippen LogP contribution >= 0.6 is 0 Å². The summed E-state index contributed by atoms with van der Waals surface area (Å²) in [4.78, 5) is 5.20. The first-order valence-electron chi connectivity index (χ1n) is 17.1. The van der Waals surface area contributed by atoms with E-state index in [2.05, 4.69) is 151 Å². The molecule has 2 heteroatoms. The van der Waals surface area contributed by atoms with Gasteiger partial charge in [-0.15, -0.1) is 0 Å². The highest BCUT2D eigenvalue weighted by molar-refractivity contribution is 6.21. The summed E-state index contributed by atoms with van der Waals surface area (Å²) in [7, 11) is 0. The van der Waals surface area contributed by atoms with Crippen molar-refractivity contribution in [1.82, 2.24) is 9.55 Å². The first kappa shape index (κ1) is 33.6. The molecule has 1 aromatic heterocycles. The third-order valence-corrected chi connectivity index (χ3v) is 8.60. The molecular formula is C48H42N2. The monoisotopic (exact) mass is 646 g/mol. The molecule has 0 spiro atoms. The van der Waals surface area contributed by atoms with Gasteiger partial charge in [-0.2, -0.15) is 0 Å². The van der Waals surface area contributed by atoms with Crippen molar-refractivity contribution in [3.8, 4) is 28.2 Å². The van der Waals surface area contributed by atoms with E-state index in [1.807, 2.05) is 63.3 Å². The molecule has 0 aliphatic heterocycles. The van der Waals surface area contributed by atoms with Crippen LogP contribution in [0.4, 0.5) is 0 Å². The van der Waals surface area contributed by atoms with Gasteiger partial charge in [0.25, 0.3) is 0 Å². The van der Waals surface area contributed by atoms with Crippen LogP contribution in [0.3, 0.4) is 0 Å². The summed E-state index contributed by atoms with van der Waals surface area (Å²) in [6, 6.07) is 51.9.